The first-order valence-electron chi connectivity index (χ1n) is 6.23. The van der Waals surface area contributed by atoms with Crippen LogP contribution in [0.2, 0.25) is 0 Å². The van der Waals surface area contributed by atoms with Gasteiger partial charge in [0, 0.05) is 27.3 Å². The van der Waals surface area contributed by atoms with Gasteiger partial charge < -0.3 is 9.47 Å². The lowest BCUT2D eigenvalue weighted by Gasteiger charge is -2.29. The van der Waals surface area contributed by atoms with Crippen molar-refractivity contribution in [3.8, 4) is 0 Å². The Kier molecular flexibility index (Phi) is 7.34. The number of methoxy groups -OCH3 is 2. The van der Waals surface area contributed by atoms with E-state index in [4.69, 9.17) is 9.47 Å². The Bertz CT molecular complexity index is 319. The van der Waals surface area contributed by atoms with Crippen LogP contribution in [0.1, 0.15) is 11.6 Å². The van der Waals surface area contributed by atoms with E-state index in [1.807, 2.05) is 12.1 Å². The van der Waals surface area contributed by atoms with Gasteiger partial charge >= 0.3 is 0 Å². The Morgan fingerprint density at radius 2 is 1.67 bits per heavy atom. The maximum absolute atomic E-state index is 5.17. The normalized spacial score (nSPS) is 12.6. The molecule has 1 atom stereocenters. The molecular weight excluding hydrogens is 226 g/mol. The molecule has 0 aliphatic carbocycles. The second kappa shape index (κ2) is 8.86. The van der Waals surface area contributed by atoms with E-state index in [2.05, 4.69) is 35.7 Å². The highest BCUT2D eigenvalue weighted by molar-refractivity contribution is 5.22. The third kappa shape index (κ3) is 4.61. The van der Waals surface area contributed by atoms with Crippen molar-refractivity contribution in [2.75, 3.05) is 40.5 Å². The van der Waals surface area contributed by atoms with Gasteiger partial charge in [-0.15, -0.1) is 6.58 Å². The molecule has 0 aliphatic rings. The zero-order valence-electron chi connectivity index (χ0n) is 11.3. The second-order valence-corrected chi connectivity index (χ2v) is 4.11. The molecule has 0 amide bonds. The lowest BCUT2D eigenvalue weighted by molar-refractivity contribution is 0.0991. The van der Waals surface area contributed by atoms with Crippen molar-refractivity contribution >= 4 is 0 Å². The highest BCUT2D eigenvalue weighted by Crippen LogP contribution is 2.21. The van der Waals surface area contributed by atoms with Crippen molar-refractivity contribution in [1.29, 1.82) is 0 Å². The molecule has 0 fully saturated rings. The number of hydrogen-bond acceptors (Lipinski definition) is 3. The van der Waals surface area contributed by atoms with Gasteiger partial charge in [0.15, 0.2) is 0 Å². The quantitative estimate of drug-likeness (QED) is 0.628. The summed E-state index contributed by atoms with van der Waals surface area (Å²) < 4.78 is 10.3. The first-order chi connectivity index (χ1) is 8.83. The maximum atomic E-state index is 5.17. The van der Waals surface area contributed by atoms with Gasteiger partial charge in [-0.2, -0.15) is 0 Å². The summed E-state index contributed by atoms with van der Waals surface area (Å²) in [7, 11) is 3.44. The monoisotopic (exact) mass is 249 g/mol. The molecule has 1 aromatic carbocycles. The van der Waals surface area contributed by atoms with Crippen LogP contribution in [0.5, 0.6) is 0 Å². The van der Waals surface area contributed by atoms with E-state index in [9.17, 15) is 0 Å². The molecule has 0 saturated carbocycles. The minimum atomic E-state index is 0.205. The number of rotatable bonds is 9. The van der Waals surface area contributed by atoms with Crippen molar-refractivity contribution < 1.29 is 9.47 Å². The fourth-order valence-electron chi connectivity index (χ4n) is 1.95. The molecule has 0 N–H and O–H groups in total. The molecule has 0 aliphatic heterocycles. The summed E-state index contributed by atoms with van der Waals surface area (Å²) >= 11 is 0. The molecule has 0 aromatic heterocycles. The fourth-order valence-corrected chi connectivity index (χ4v) is 1.95. The predicted molar refractivity (Wildman–Crippen MR) is 74.7 cm³/mol. The van der Waals surface area contributed by atoms with Crippen LogP contribution in [0.4, 0.5) is 0 Å². The van der Waals surface area contributed by atoms with Crippen LogP contribution in [-0.2, 0) is 9.47 Å². The topological polar surface area (TPSA) is 21.7 Å². The molecule has 0 bridgehead atoms. The maximum Gasteiger partial charge on any atom is 0.0590 e. The molecule has 0 saturated heterocycles. The van der Waals surface area contributed by atoms with Gasteiger partial charge in [0.05, 0.1) is 19.3 Å². The molecule has 3 heteroatoms. The Labute approximate surface area is 110 Å². The van der Waals surface area contributed by atoms with Crippen molar-refractivity contribution in [1.82, 2.24) is 4.90 Å². The van der Waals surface area contributed by atoms with E-state index in [1.54, 1.807) is 14.2 Å². The van der Waals surface area contributed by atoms with Crippen LogP contribution in [0.3, 0.4) is 0 Å². The summed E-state index contributed by atoms with van der Waals surface area (Å²) in [5.74, 6) is 0. The highest BCUT2D eigenvalue weighted by atomic mass is 16.5. The highest BCUT2D eigenvalue weighted by Gasteiger charge is 2.16. The molecule has 1 aromatic rings. The summed E-state index contributed by atoms with van der Waals surface area (Å²) in [5.41, 5.74) is 1.25. The number of benzene rings is 1. The lowest BCUT2D eigenvalue weighted by atomic mass is 10.1. The van der Waals surface area contributed by atoms with Gasteiger partial charge in [-0.1, -0.05) is 36.4 Å². The van der Waals surface area contributed by atoms with Gasteiger partial charge in [-0.3, -0.25) is 4.90 Å². The fraction of sp³-hybridized carbons (Fsp3) is 0.467. The second-order valence-electron chi connectivity index (χ2n) is 4.11. The zero-order chi connectivity index (χ0) is 13.2. The first-order valence-corrected chi connectivity index (χ1v) is 6.23. The van der Waals surface area contributed by atoms with Gasteiger partial charge in [0.25, 0.3) is 0 Å². The van der Waals surface area contributed by atoms with Crippen molar-refractivity contribution in [2.45, 2.75) is 6.04 Å². The Hall–Kier alpha value is -1.16. The standard InChI is InChI=1S/C15H23NO2/c1-4-15(14-8-6-5-7-9-14)16(10-12-17-2)11-13-18-3/h4-9,15H,1,10-13H2,2-3H3. The Morgan fingerprint density at radius 1 is 1.11 bits per heavy atom. The smallest absolute Gasteiger partial charge is 0.0590 e. The summed E-state index contributed by atoms with van der Waals surface area (Å²) in [6.07, 6.45) is 1.97. The average Bonchev–Trinajstić information content (AvgIpc) is 2.43. The van der Waals surface area contributed by atoms with Gasteiger partial charge in [-0.05, 0) is 5.56 Å². The molecule has 3 nitrogen and oxygen atoms in total. The molecule has 18 heavy (non-hydrogen) atoms. The number of nitrogens with zero attached hydrogens (tertiary/aromatic N) is 1. The minimum Gasteiger partial charge on any atom is -0.383 e. The molecule has 1 rings (SSSR count). The molecule has 0 heterocycles. The molecule has 100 valence electrons. The number of ether oxygens (including phenoxy) is 2. The zero-order valence-corrected chi connectivity index (χ0v) is 11.3. The Balaban J connectivity index is 2.75. The van der Waals surface area contributed by atoms with Crippen LogP contribution in [-0.4, -0.2) is 45.4 Å². The van der Waals surface area contributed by atoms with Crippen molar-refractivity contribution in [2.24, 2.45) is 0 Å². The third-order valence-corrected chi connectivity index (χ3v) is 2.92. The van der Waals surface area contributed by atoms with Crippen LogP contribution >= 0.6 is 0 Å². The van der Waals surface area contributed by atoms with Crippen LogP contribution in [0, 0.1) is 0 Å². The number of hydrogen-bond donors (Lipinski definition) is 0. The van der Waals surface area contributed by atoms with Gasteiger partial charge in [0.1, 0.15) is 0 Å². The molecule has 1 unspecified atom stereocenters. The molecule has 0 radical (unpaired) electrons. The lowest BCUT2D eigenvalue weighted by Crippen LogP contribution is -2.33. The van der Waals surface area contributed by atoms with E-state index < -0.39 is 0 Å². The molecular formula is C15H23NO2. The summed E-state index contributed by atoms with van der Waals surface area (Å²) in [6, 6.07) is 10.6. The van der Waals surface area contributed by atoms with Crippen LogP contribution in [0.25, 0.3) is 0 Å². The summed E-state index contributed by atoms with van der Waals surface area (Å²) in [6.45, 7) is 7.10. The average molecular weight is 249 g/mol. The predicted octanol–water partition coefficient (Wildman–Crippen LogP) is 2.51. The van der Waals surface area contributed by atoms with E-state index in [-0.39, 0.29) is 6.04 Å². The van der Waals surface area contributed by atoms with Crippen molar-refractivity contribution in [3.05, 3.63) is 48.6 Å². The summed E-state index contributed by atoms with van der Waals surface area (Å²) in [4.78, 5) is 2.31. The summed E-state index contributed by atoms with van der Waals surface area (Å²) in [5, 5.41) is 0. The van der Waals surface area contributed by atoms with Gasteiger partial charge in [-0.25, -0.2) is 0 Å². The van der Waals surface area contributed by atoms with E-state index >= 15 is 0 Å². The largest absolute Gasteiger partial charge is 0.383 e. The SMILES string of the molecule is C=CC(c1ccccc1)N(CCOC)CCOC. The first kappa shape index (κ1) is 14.9. The van der Waals surface area contributed by atoms with E-state index in [0.717, 1.165) is 13.1 Å². The van der Waals surface area contributed by atoms with Crippen molar-refractivity contribution in [3.63, 3.8) is 0 Å². The van der Waals surface area contributed by atoms with Crippen LogP contribution < -0.4 is 0 Å². The Morgan fingerprint density at radius 3 is 2.11 bits per heavy atom. The molecule has 0 spiro atoms. The minimum absolute atomic E-state index is 0.205. The van der Waals surface area contributed by atoms with E-state index in [0.29, 0.717) is 13.2 Å². The van der Waals surface area contributed by atoms with Gasteiger partial charge in [0.2, 0.25) is 0 Å². The third-order valence-electron chi connectivity index (χ3n) is 2.92. The van der Waals surface area contributed by atoms with Crippen LogP contribution in [0.15, 0.2) is 43.0 Å². The van der Waals surface area contributed by atoms with E-state index in [1.165, 1.54) is 5.56 Å².